The van der Waals surface area contributed by atoms with E-state index in [1.54, 1.807) is 12.1 Å². The molecule has 0 radical (unpaired) electrons. The number of thiol groups is 1. The van der Waals surface area contributed by atoms with Crippen LogP contribution in [0.15, 0.2) is 29.3 Å². The summed E-state index contributed by atoms with van der Waals surface area (Å²) in [5, 5.41) is 2.72. The standard InChI is InChI=1S/C13H20N4OS/c1-9(17(2)3)15-10-4-6-11(7-5-10)16-13(18)12(14)8-19/h4-7,12,19H,8,14H2,1-3H3,(H,16,18)/b15-9+/t12-/m1/s1. The summed E-state index contributed by atoms with van der Waals surface area (Å²) in [5.41, 5.74) is 7.11. The second-order valence-corrected chi connectivity index (χ2v) is 4.74. The summed E-state index contributed by atoms with van der Waals surface area (Å²) in [6.07, 6.45) is 0. The summed E-state index contributed by atoms with van der Waals surface area (Å²) >= 11 is 3.99. The van der Waals surface area contributed by atoms with Gasteiger partial charge in [0.15, 0.2) is 0 Å². The predicted octanol–water partition coefficient (Wildman–Crippen LogP) is 1.49. The molecule has 0 bridgehead atoms. The van der Waals surface area contributed by atoms with Gasteiger partial charge in [-0.05, 0) is 31.2 Å². The Morgan fingerprint density at radius 2 is 2.00 bits per heavy atom. The second kappa shape index (κ2) is 7.16. The third kappa shape index (κ3) is 4.92. The van der Waals surface area contributed by atoms with Gasteiger partial charge < -0.3 is 16.0 Å². The van der Waals surface area contributed by atoms with Gasteiger partial charge in [-0.15, -0.1) is 0 Å². The smallest absolute Gasteiger partial charge is 0.242 e. The number of amides is 1. The Bertz CT molecular complexity index is 456. The van der Waals surface area contributed by atoms with Gasteiger partial charge in [0.25, 0.3) is 0 Å². The number of hydrogen-bond donors (Lipinski definition) is 3. The number of amidine groups is 1. The van der Waals surface area contributed by atoms with Crippen LogP contribution in [0.3, 0.4) is 0 Å². The van der Waals surface area contributed by atoms with Gasteiger partial charge in [-0.2, -0.15) is 12.6 Å². The second-order valence-electron chi connectivity index (χ2n) is 4.38. The Morgan fingerprint density at radius 1 is 1.42 bits per heavy atom. The highest BCUT2D eigenvalue weighted by Gasteiger charge is 2.10. The Labute approximate surface area is 119 Å². The molecule has 0 aliphatic heterocycles. The highest BCUT2D eigenvalue weighted by molar-refractivity contribution is 7.80. The third-order valence-corrected chi connectivity index (χ3v) is 3.00. The maximum atomic E-state index is 11.6. The summed E-state index contributed by atoms with van der Waals surface area (Å²) in [6, 6.07) is 6.68. The Morgan fingerprint density at radius 3 is 2.47 bits per heavy atom. The highest BCUT2D eigenvalue weighted by Crippen LogP contribution is 2.17. The maximum Gasteiger partial charge on any atom is 0.242 e. The molecule has 0 fully saturated rings. The van der Waals surface area contributed by atoms with E-state index < -0.39 is 6.04 Å². The van der Waals surface area contributed by atoms with Crippen molar-refractivity contribution in [2.45, 2.75) is 13.0 Å². The fraction of sp³-hybridized carbons (Fsp3) is 0.385. The van der Waals surface area contributed by atoms with E-state index >= 15 is 0 Å². The number of hydrogen-bond acceptors (Lipinski definition) is 4. The fourth-order valence-corrected chi connectivity index (χ4v) is 1.39. The first-order valence-corrected chi connectivity index (χ1v) is 6.57. The van der Waals surface area contributed by atoms with Gasteiger partial charge in [0, 0.05) is 25.5 Å². The Kier molecular flexibility index (Phi) is 5.85. The summed E-state index contributed by atoms with van der Waals surface area (Å²) < 4.78 is 0. The van der Waals surface area contributed by atoms with Crippen molar-refractivity contribution in [1.82, 2.24) is 4.90 Å². The van der Waals surface area contributed by atoms with Crippen molar-refractivity contribution in [3.05, 3.63) is 24.3 Å². The Balaban J connectivity index is 2.72. The van der Waals surface area contributed by atoms with Crippen LogP contribution >= 0.6 is 12.6 Å². The van der Waals surface area contributed by atoms with Gasteiger partial charge in [-0.25, -0.2) is 4.99 Å². The molecule has 5 nitrogen and oxygen atoms in total. The van der Waals surface area contributed by atoms with E-state index in [4.69, 9.17) is 5.73 Å². The number of anilines is 1. The molecule has 1 rings (SSSR count). The van der Waals surface area contributed by atoms with E-state index in [0.717, 1.165) is 11.5 Å². The van der Waals surface area contributed by atoms with Gasteiger partial charge in [-0.1, -0.05) is 0 Å². The fourth-order valence-electron chi connectivity index (χ4n) is 1.22. The number of aliphatic imine (C=N–C) groups is 1. The Hall–Kier alpha value is -1.53. The van der Waals surface area contributed by atoms with E-state index in [1.807, 2.05) is 38.1 Å². The SMILES string of the molecule is C/C(=N\c1ccc(NC(=O)[C@H](N)CS)cc1)N(C)C. The molecule has 0 spiro atoms. The van der Waals surface area contributed by atoms with Crippen molar-refractivity contribution in [2.24, 2.45) is 10.7 Å². The van der Waals surface area contributed by atoms with Crippen LogP contribution < -0.4 is 11.1 Å². The van der Waals surface area contributed by atoms with E-state index in [-0.39, 0.29) is 5.91 Å². The van der Waals surface area contributed by atoms with Gasteiger partial charge in [0.1, 0.15) is 5.84 Å². The lowest BCUT2D eigenvalue weighted by molar-refractivity contribution is -0.116. The lowest BCUT2D eigenvalue weighted by atomic mass is 10.2. The van der Waals surface area contributed by atoms with Crippen LogP contribution in [0.2, 0.25) is 0 Å². The lowest BCUT2D eigenvalue weighted by Crippen LogP contribution is -2.37. The average Bonchev–Trinajstić information content (AvgIpc) is 2.39. The highest BCUT2D eigenvalue weighted by atomic mass is 32.1. The molecule has 104 valence electrons. The summed E-state index contributed by atoms with van der Waals surface area (Å²) in [6.45, 7) is 1.93. The first-order chi connectivity index (χ1) is 8.93. The monoisotopic (exact) mass is 280 g/mol. The predicted molar refractivity (Wildman–Crippen MR) is 83.4 cm³/mol. The van der Waals surface area contributed by atoms with Crippen molar-refractivity contribution < 1.29 is 4.79 Å². The van der Waals surface area contributed by atoms with Gasteiger partial charge in [0.2, 0.25) is 5.91 Å². The van der Waals surface area contributed by atoms with Crippen LogP contribution in [0.25, 0.3) is 0 Å². The molecule has 1 atom stereocenters. The summed E-state index contributed by atoms with van der Waals surface area (Å²) in [5.74, 6) is 0.987. The quantitative estimate of drug-likeness (QED) is 0.444. The molecule has 3 N–H and O–H groups in total. The lowest BCUT2D eigenvalue weighted by Gasteiger charge is -2.12. The van der Waals surface area contributed by atoms with E-state index in [9.17, 15) is 4.79 Å². The average molecular weight is 280 g/mol. The van der Waals surface area contributed by atoms with Gasteiger partial charge in [0.05, 0.1) is 11.7 Å². The number of nitrogens with one attached hydrogen (secondary N) is 1. The zero-order chi connectivity index (χ0) is 14.4. The first kappa shape index (κ1) is 15.5. The third-order valence-electron chi connectivity index (χ3n) is 2.61. The van der Waals surface area contributed by atoms with Crippen molar-refractivity contribution in [3.63, 3.8) is 0 Å². The summed E-state index contributed by atoms with van der Waals surface area (Å²) in [4.78, 5) is 17.9. The van der Waals surface area contributed by atoms with Gasteiger partial charge in [-0.3, -0.25) is 4.79 Å². The van der Waals surface area contributed by atoms with Crippen LogP contribution in [-0.4, -0.2) is 42.5 Å². The molecule has 0 aliphatic carbocycles. The number of nitrogens with zero attached hydrogens (tertiary/aromatic N) is 2. The van der Waals surface area contributed by atoms with Crippen LogP contribution in [0.5, 0.6) is 0 Å². The molecule has 1 aromatic carbocycles. The molecule has 0 aliphatic rings. The van der Waals surface area contributed by atoms with E-state index in [2.05, 4.69) is 22.9 Å². The van der Waals surface area contributed by atoms with Crippen molar-refractivity contribution in [3.8, 4) is 0 Å². The van der Waals surface area contributed by atoms with Crippen LogP contribution in [0.1, 0.15) is 6.92 Å². The van der Waals surface area contributed by atoms with Crippen molar-refractivity contribution >= 4 is 35.7 Å². The van der Waals surface area contributed by atoms with Crippen molar-refractivity contribution in [2.75, 3.05) is 25.2 Å². The topological polar surface area (TPSA) is 70.7 Å². The summed E-state index contributed by atoms with van der Waals surface area (Å²) in [7, 11) is 3.87. The molecular formula is C13H20N4OS. The molecule has 19 heavy (non-hydrogen) atoms. The number of carbonyl (C=O) groups excluding carboxylic acids is 1. The van der Waals surface area contributed by atoms with E-state index in [1.165, 1.54) is 0 Å². The van der Waals surface area contributed by atoms with Crippen molar-refractivity contribution in [1.29, 1.82) is 0 Å². The molecule has 6 heteroatoms. The van der Waals surface area contributed by atoms with Crippen LogP contribution in [0.4, 0.5) is 11.4 Å². The minimum atomic E-state index is -0.600. The number of carbonyl (C=O) groups is 1. The molecule has 0 aromatic heterocycles. The van der Waals surface area contributed by atoms with E-state index in [0.29, 0.717) is 11.4 Å². The number of rotatable bonds is 4. The number of benzene rings is 1. The number of nitrogens with two attached hydrogens (primary N) is 1. The molecule has 0 heterocycles. The molecule has 0 unspecified atom stereocenters. The van der Waals surface area contributed by atoms with Crippen LogP contribution in [-0.2, 0) is 4.79 Å². The normalized spacial score (nSPS) is 13.0. The molecule has 1 amide bonds. The van der Waals surface area contributed by atoms with Gasteiger partial charge >= 0.3 is 0 Å². The maximum absolute atomic E-state index is 11.6. The molecule has 1 aromatic rings. The molecule has 0 saturated heterocycles. The zero-order valence-corrected chi connectivity index (χ0v) is 12.3. The van der Waals surface area contributed by atoms with Crippen LogP contribution in [0, 0.1) is 0 Å². The molecular weight excluding hydrogens is 260 g/mol. The molecule has 0 saturated carbocycles. The first-order valence-electron chi connectivity index (χ1n) is 5.94. The largest absolute Gasteiger partial charge is 0.366 e. The zero-order valence-electron chi connectivity index (χ0n) is 11.4. The minimum absolute atomic E-state index is 0.240. The minimum Gasteiger partial charge on any atom is -0.366 e.